The summed E-state index contributed by atoms with van der Waals surface area (Å²) < 4.78 is 13.3. The molecule has 162 valence electrons. The van der Waals surface area contributed by atoms with Crippen LogP contribution in [0.25, 0.3) is 0 Å². The zero-order chi connectivity index (χ0) is 22.2. The molecule has 1 amide bonds. The Morgan fingerprint density at radius 3 is 2.65 bits per heavy atom. The van der Waals surface area contributed by atoms with E-state index < -0.39 is 12.1 Å². The van der Waals surface area contributed by atoms with Crippen LogP contribution in [-0.4, -0.2) is 46.0 Å². The lowest BCUT2D eigenvalue weighted by Crippen LogP contribution is -2.26. The summed E-state index contributed by atoms with van der Waals surface area (Å²) in [5, 5.41) is 13.4. The van der Waals surface area contributed by atoms with E-state index in [-0.39, 0.29) is 5.91 Å². The van der Waals surface area contributed by atoms with Crippen LogP contribution in [0.4, 0.5) is 4.39 Å². The second kappa shape index (κ2) is 10.7. The van der Waals surface area contributed by atoms with E-state index >= 15 is 0 Å². The summed E-state index contributed by atoms with van der Waals surface area (Å²) in [4.78, 5) is 22.0. The van der Waals surface area contributed by atoms with Gasteiger partial charge in [-0.1, -0.05) is 18.2 Å². The Morgan fingerprint density at radius 1 is 1.19 bits per heavy atom. The van der Waals surface area contributed by atoms with Gasteiger partial charge in [-0.2, -0.15) is 4.39 Å². The molecule has 0 fully saturated rings. The summed E-state index contributed by atoms with van der Waals surface area (Å²) in [6.45, 7) is 3.17. The summed E-state index contributed by atoms with van der Waals surface area (Å²) in [6.07, 6.45) is 4.98. The molecule has 6 nitrogen and oxygen atoms in total. The van der Waals surface area contributed by atoms with Crippen LogP contribution < -0.4 is 5.32 Å². The Labute approximate surface area is 181 Å². The average Bonchev–Trinajstić information content (AvgIpc) is 2.79. The molecule has 0 radical (unpaired) electrons. The van der Waals surface area contributed by atoms with Crippen molar-refractivity contribution >= 4 is 5.91 Å². The van der Waals surface area contributed by atoms with E-state index in [1.54, 1.807) is 43.4 Å². The standard InChI is InChI=1S/C24H27FN4O2/c1-17-12-19(13-28-23(17)25)16-29(2)24(31)20-7-5-18(6-8-20)9-11-27-15-22(30)21-4-3-10-26-14-21/h3-8,10,12-14,22,27,30H,9,11,15-16H2,1-2H3/t22-/m0/s1. The summed E-state index contributed by atoms with van der Waals surface area (Å²) in [7, 11) is 1.71. The van der Waals surface area contributed by atoms with Crippen LogP contribution >= 0.6 is 0 Å². The van der Waals surface area contributed by atoms with Gasteiger partial charge in [-0.3, -0.25) is 9.78 Å². The number of nitrogens with one attached hydrogen (secondary N) is 1. The fourth-order valence-electron chi connectivity index (χ4n) is 3.25. The van der Waals surface area contributed by atoms with Gasteiger partial charge in [0.05, 0.1) is 6.10 Å². The second-order valence-electron chi connectivity index (χ2n) is 7.57. The highest BCUT2D eigenvalue weighted by Crippen LogP contribution is 2.13. The molecule has 0 bridgehead atoms. The van der Waals surface area contributed by atoms with Gasteiger partial charge in [0.1, 0.15) is 0 Å². The zero-order valence-electron chi connectivity index (χ0n) is 17.8. The molecule has 2 aromatic heterocycles. The number of benzene rings is 1. The molecule has 2 N–H and O–H groups in total. The highest BCUT2D eigenvalue weighted by Gasteiger charge is 2.13. The fourth-order valence-corrected chi connectivity index (χ4v) is 3.25. The van der Waals surface area contributed by atoms with Crippen molar-refractivity contribution in [2.75, 3.05) is 20.1 Å². The molecule has 0 aliphatic rings. The van der Waals surface area contributed by atoms with Crippen molar-refractivity contribution < 1.29 is 14.3 Å². The van der Waals surface area contributed by atoms with Crippen LogP contribution in [0.3, 0.4) is 0 Å². The van der Waals surface area contributed by atoms with Crippen LogP contribution in [0.15, 0.2) is 61.1 Å². The first-order valence-electron chi connectivity index (χ1n) is 10.2. The maximum atomic E-state index is 13.3. The number of pyridine rings is 2. The Morgan fingerprint density at radius 2 is 1.97 bits per heavy atom. The Bertz CT molecular complexity index is 996. The molecule has 7 heteroatoms. The topological polar surface area (TPSA) is 78.4 Å². The quantitative estimate of drug-likeness (QED) is 0.409. The minimum absolute atomic E-state index is 0.105. The van der Waals surface area contributed by atoms with Crippen LogP contribution in [0.5, 0.6) is 0 Å². The van der Waals surface area contributed by atoms with Crippen molar-refractivity contribution in [1.82, 2.24) is 20.2 Å². The van der Waals surface area contributed by atoms with Crippen LogP contribution in [0.1, 0.15) is 38.7 Å². The van der Waals surface area contributed by atoms with Crippen molar-refractivity contribution in [3.8, 4) is 0 Å². The smallest absolute Gasteiger partial charge is 0.253 e. The molecule has 3 aromatic rings. The molecular weight excluding hydrogens is 395 g/mol. The van der Waals surface area contributed by atoms with Crippen LogP contribution in [-0.2, 0) is 13.0 Å². The number of aliphatic hydroxyl groups excluding tert-OH is 1. The number of halogens is 1. The van der Waals surface area contributed by atoms with Gasteiger partial charge < -0.3 is 15.3 Å². The lowest BCUT2D eigenvalue weighted by atomic mass is 10.1. The third-order valence-electron chi connectivity index (χ3n) is 5.04. The average molecular weight is 423 g/mol. The van der Waals surface area contributed by atoms with E-state index in [0.29, 0.717) is 30.8 Å². The van der Waals surface area contributed by atoms with Gasteiger partial charge in [0.15, 0.2) is 0 Å². The number of carbonyl (C=O) groups excluding carboxylic acids is 1. The summed E-state index contributed by atoms with van der Waals surface area (Å²) >= 11 is 0. The van der Waals surface area contributed by atoms with E-state index in [1.807, 2.05) is 30.3 Å². The van der Waals surface area contributed by atoms with E-state index in [4.69, 9.17) is 0 Å². The predicted molar refractivity (Wildman–Crippen MR) is 117 cm³/mol. The number of aromatic nitrogens is 2. The maximum absolute atomic E-state index is 13.3. The largest absolute Gasteiger partial charge is 0.387 e. The molecule has 2 heterocycles. The number of aryl methyl sites for hydroxylation is 1. The normalized spacial score (nSPS) is 11.9. The summed E-state index contributed by atoms with van der Waals surface area (Å²) in [5.74, 6) is -0.597. The van der Waals surface area contributed by atoms with E-state index in [0.717, 1.165) is 23.1 Å². The third-order valence-corrected chi connectivity index (χ3v) is 5.04. The number of hydrogen-bond donors (Lipinski definition) is 2. The van der Waals surface area contributed by atoms with Crippen LogP contribution in [0.2, 0.25) is 0 Å². The van der Waals surface area contributed by atoms with Gasteiger partial charge in [-0.15, -0.1) is 0 Å². The Hall–Kier alpha value is -3.16. The molecule has 0 aliphatic heterocycles. The first-order valence-corrected chi connectivity index (χ1v) is 10.2. The molecule has 3 rings (SSSR count). The van der Waals surface area contributed by atoms with Gasteiger partial charge in [-0.05, 0) is 55.3 Å². The Balaban J connectivity index is 1.46. The van der Waals surface area contributed by atoms with Gasteiger partial charge in [0, 0.05) is 55.4 Å². The molecule has 0 unspecified atom stereocenters. The second-order valence-corrected chi connectivity index (χ2v) is 7.57. The molecular formula is C24H27FN4O2. The lowest BCUT2D eigenvalue weighted by Gasteiger charge is -2.18. The first kappa shape index (κ1) is 22.5. The third kappa shape index (κ3) is 6.41. The van der Waals surface area contributed by atoms with Gasteiger partial charge in [0.2, 0.25) is 5.95 Å². The molecule has 1 atom stereocenters. The van der Waals surface area contributed by atoms with E-state index in [1.165, 1.54) is 6.20 Å². The first-order chi connectivity index (χ1) is 14.9. The SMILES string of the molecule is Cc1cc(CN(C)C(=O)c2ccc(CCNC[C@H](O)c3cccnc3)cc2)cnc1F. The molecule has 0 saturated carbocycles. The highest BCUT2D eigenvalue weighted by molar-refractivity contribution is 5.94. The predicted octanol–water partition coefficient (Wildman–Crippen LogP) is 3.06. The summed E-state index contributed by atoms with van der Waals surface area (Å²) in [6, 6.07) is 12.8. The highest BCUT2D eigenvalue weighted by atomic mass is 19.1. The van der Waals surface area contributed by atoms with Crippen molar-refractivity contribution in [3.05, 3.63) is 94.8 Å². The number of hydrogen-bond acceptors (Lipinski definition) is 5. The zero-order valence-corrected chi connectivity index (χ0v) is 17.8. The van der Waals surface area contributed by atoms with E-state index in [2.05, 4.69) is 15.3 Å². The number of rotatable bonds is 9. The van der Waals surface area contributed by atoms with Crippen molar-refractivity contribution in [2.45, 2.75) is 26.0 Å². The van der Waals surface area contributed by atoms with Crippen molar-refractivity contribution in [2.24, 2.45) is 0 Å². The maximum Gasteiger partial charge on any atom is 0.253 e. The fraction of sp³-hybridized carbons (Fsp3) is 0.292. The summed E-state index contributed by atoms with van der Waals surface area (Å²) in [5.41, 5.74) is 3.72. The number of amides is 1. The van der Waals surface area contributed by atoms with Crippen molar-refractivity contribution in [3.63, 3.8) is 0 Å². The minimum atomic E-state index is -0.593. The van der Waals surface area contributed by atoms with Gasteiger partial charge >= 0.3 is 0 Å². The van der Waals surface area contributed by atoms with Crippen molar-refractivity contribution in [1.29, 1.82) is 0 Å². The Kier molecular flexibility index (Phi) is 7.81. The molecule has 0 spiro atoms. The van der Waals surface area contributed by atoms with Gasteiger partial charge in [-0.25, -0.2) is 4.98 Å². The molecule has 1 aromatic carbocycles. The molecule has 31 heavy (non-hydrogen) atoms. The molecule has 0 aliphatic carbocycles. The molecule has 0 saturated heterocycles. The van der Waals surface area contributed by atoms with E-state index in [9.17, 15) is 14.3 Å². The minimum Gasteiger partial charge on any atom is -0.387 e. The van der Waals surface area contributed by atoms with Crippen LogP contribution in [0, 0.1) is 12.9 Å². The lowest BCUT2D eigenvalue weighted by molar-refractivity contribution is 0.0785. The van der Waals surface area contributed by atoms with Gasteiger partial charge in [0.25, 0.3) is 5.91 Å². The number of aliphatic hydroxyl groups is 1. The monoisotopic (exact) mass is 422 g/mol. The number of nitrogens with zero attached hydrogens (tertiary/aromatic N) is 3. The number of carbonyl (C=O) groups is 1.